The zero-order valence-corrected chi connectivity index (χ0v) is 17.2. The van der Waals surface area contributed by atoms with Crippen LogP contribution in [0.25, 0.3) is 0 Å². The van der Waals surface area contributed by atoms with Crippen molar-refractivity contribution in [3.05, 3.63) is 34.8 Å². The fraction of sp³-hybridized carbons (Fsp3) is 0.438. The van der Waals surface area contributed by atoms with Crippen molar-refractivity contribution < 1.29 is 15.3 Å². The van der Waals surface area contributed by atoms with Gasteiger partial charge in [-0.1, -0.05) is 0 Å². The fourth-order valence-corrected chi connectivity index (χ4v) is 2.97. The molecule has 0 aliphatic heterocycles. The lowest BCUT2D eigenvalue weighted by atomic mass is 10.0. The van der Waals surface area contributed by atoms with E-state index in [0.717, 1.165) is 12.8 Å². The van der Waals surface area contributed by atoms with Gasteiger partial charge in [0.25, 0.3) is 0 Å². The van der Waals surface area contributed by atoms with E-state index in [2.05, 4.69) is 51.8 Å². The monoisotopic (exact) mass is 465 g/mol. The number of nitrogens with zero attached hydrogens (tertiary/aromatic N) is 7. The Labute approximate surface area is 173 Å². The van der Waals surface area contributed by atoms with E-state index in [4.69, 9.17) is 0 Å². The van der Waals surface area contributed by atoms with Crippen molar-refractivity contribution in [2.75, 3.05) is 10.6 Å². The van der Waals surface area contributed by atoms with Gasteiger partial charge < -0.3 is 26.0 Å². The SMILES string of the molecule is CC(C)(c1cc(Nc2ncc(Br)c(NC3CC3)n2)n(C(O)(O)O)n1)n1nccn1. The molecule has 0 spiro atoms. The van der Waals surface area contributed by atoms with Gasteiger partial charge in [-0.25, -0.2) is 4.98 Å². The van der Waals surface area contributed by atoms with Crippen LogP contribution in [0.3, 0.4) is 0 Å². The molecule has 0 radical (unpaired) electrons. The Balaban J connectivity index is 1.69. The summed E-state index contributed by atoms with van der Waals surface area (Å²) < 4.78 is 1.32. The molecule has 0 aromatic carbocycles. The van der Waals surface area contributed by atoms with Crippen LogP contribution >= 0.6 is 15.9 Å². The van der Waals surface area contributed by atoms with Gasteiger partial charge in [0.05, 0.1) is 22.6 Å². The summed E-state index contributed by atoms with van der Waals surface area (Å²) in [6.45, 7) is 3.59. The van der Waals surface area contributed by atoms with Crippen molar-refractivity contribution in [3.63, 3.8) is 0 Å². The van der Waals surface area contributed by atoms with E-state index in [1.807, 2.05) is 0 Å². The molecule has 0 bridgehead atoms. The van der Waals surface area contributed by atoms with E-state index in [9.17, 15) is 15.3 Å². The minimum atomic E-state index is -3.24. The first-order valence-corrected chi connectivity index (χ1v) is 9.65. The third kappa shape index (κ3) is 4.07. The summed E-state index contributed by atoms with van der Waals surface area (Å²) in [6, 6.07) is 1.91. The standard InChI is InChI=1S/C16H20BrN9O3/c1-15(2,26-19-5-6-20-26)11-7-12(25(24-11)16(27,28)29)22-14-18-8-10(17)13(23-14)21-9-3-4-9/h5-9,27-29H,3-4H2,1-2H3,(H2,18,21,22,23). The smallest absolute Gasteiger partial charge is 0.366 e. The Morgan fingerprint density at radius 1 is 1.17 bits per heavy atom. The van der Waals surface area contributed by atoms with Gasteiger partial charge in [-0.2, -0.15) is 29.8 Å². The number of aliphatic hydroxyl groups is 3. The molecule has 1 aliphatic rings. The van der Waals surface area contributed by atoms with E-state index >= 15 is 0 Å². The number of halogens is 1. The van der Waals surface area contributed by atoms with Crippen LogP contribution in [0, 0.1) is 0 Å². The Hall–Kier alpha value is -2.61. The third-order valence-electron chi connectivity index (χ3n) is 4.44. The molecule has 13 heteroatoms. The topological polar surface area (TPSA) is 159 Å². The Morgan fingerprint density at radius 3 is 2.48 bits per heavy atom. The van der Waals surface area contributed by atoms with Crippen LogP contribution in [-0.2, 0) is 11.6 Å². The van der Waals surface area contributed by atoms with E-state index in [-0.39, 0.29) is 11.8 Å². The van der Waals surface area contributed by atoms with Crippen molar-refractivity contribution in [1.29, 1.82) is 0 Å². The highest BCUT2D eigenvalue weighted by molar-refractivity contribution is 9.10. The lowest BCUT2D eigenvalue weighted by Crippen LogP contribution is -2.36. The molecule has 3 aromatic heterocycles. The molecule has 1 fully saturated rings. The predicted molar refractivity (Wildman–Crippen MR) is 105 cm³/mol. The first kappa shape index (κ1) is 19.7. The molecule has 12 nitrogen and oxygen atoms in total. The van der Waals surface area contributed by atoms with Crippen LogP contribution in [0.1, 0.15) is 32.4 Å². The van der Waals surface area contributed by atoms with Crippen LogP contribution in [0.15, 0.2) is 29.1 Å². The van der Waals surface area contributed by atoms with Crippen molar-refractivity contribution in [1.82, 2.24) is 34.7 Å². The summed E-state index contributed by atoms with van der Waals surface area (Å²) in [4.78, 5) is 10.00. The van der Waals surface area contributed by atoms with Crippen LogP contribution in [0.2, 0.25) is 0 Å². The zero-order chi connectivity index (χ0) is 20.8. The molecule has 4 rings (SSSR count). The molecule has 0 saturated heterocycles. The number of hydrogen-bond acceptors (Lipinski definition) is 10. The van der Waals surface area contributed by atoms with Crippen molar-refractivity contribution in [3.8, 4) is 0 Å². The number of rotatable bonds is 7. The second kappa shape index (κ2) is 7.02. The maximum atomic E-state index is 9.76. The van der Waals surface area contributed by atoms with Crippen LogP contribution < -0.4 is 10.6 Å². The average Bonchev–Trinajstić information content (AvgIpc) is 3.11. The van der Waals surface area contributed by atoms with Crippen molar-refractivity contribution >= 4 is 33.5 Å². The van der Waals surface area contributed by atoms with Gasteiger partial charge in [0, 0.05) is 18.3 Å². The Kier molecular flexibility index (Phi) is 4.77. The van der Waals surface area contributed by atoms with Gasteiger partial charge in [-0.15, -0.1) is 0 Å². The molecule has 1 saturated carbocycles. The molecule has 0 atom stereocenters. The van der Waals surface area contributed by atoms with E-state index in [0.29, 0.717) is 26.7 Å². The van der Waals surface area contributed by atoms with Gasteiger partial charge in [0.1, 0.15) is 17.2 Å². The second-order valence-corrected chi connectivity index (χ2v) is 8.09. The van der Waals surface area contributed by atoms with Crippen LogP contribution in [0.4, 0.5) is 17.6 Å². The van der Waals surface area contributed by atoms with E-state index < -0.39 is 11.6 Å². The summed E-state index contributed by atoms with van der Waals surface area (Å²) in [5.74, 6) is 0.858. The molecule has 3 aromatic rings. The molecule has 1 aliphatic carbocycles. The van der Waals surface area contributed by atoms with Gasteiger partial charge >= 0.3 is 6.10 Å². The molecule has 3 heterocycles. The molecular formula is C16H20BrN9O3. The first-order chi connectivity index (χ1) is 13.6. The maximum Gasteiger partial charge on any atom is 0.390 e. The lowest BCUT2D eigenvalue weighted by molar-refractivity contribution is -0.379. The van der Waals surface area contributed by atoms with E-state index in [1.165, 1.54) is 23.3 Å². The Morgan fingerprint density at radius 2 is 1.86 bits per heavy atom. The molecule has 154 valence electrons. The fourth-order valence-electron chi connectivity index (χ4n) is 2.67. The number of anilines is 3. The van der Waals surface area contributed by atoms with Crippen molar-refractivity contribution in [2.24, 2.45) is 0 Å². The molecule has 5 N–H and O–H groups in total. The van der Waals surface area contributed by atoms with Crippen LogP contribution in [0.5, 0.6) is 0 Å². The highest BCUT2D eigenvalue weighted by atomic mass is 79.9. The molecule has 29 heavy (non-hydrogen) atoms. The largest absolute Gasteiger partial charge is 0.390 e. The zero-order valence-electron chi connectivity index (χ0n) is 15.7. The molecule has 0 amide bonds. The summed E-state index contributed by atoms with van der Waals surface area (Å²) in [5.41, 5.74) is -0.471. The highest BCUT2D eigenvalue weighted by Crippen LogP contribution is 2.31. The number of hydrogen-bond donors (Lipinski definition) is 5. The normalized spacial score (nSPS) is 14.8. The van der Waals surface area contributed by atoms with Crippen LogP contribution in [-0.4, -0.2) is 56.1 Å². The summed E-state index contributed by atoms with van der Waals surface area (Å²) >= 11 is 3.40. The average molecular weight is 466 g/mol. The van der Waals surface area contributed by atoms with Gasteiger partial charge in [0.15, 0.2) is 0 Å². The summed E-state index contributed by atoms with van der Waals surface area (Å²) in [7, 11) is 0. The Bertz CT molecular complexity index is 1010. The highest BCUT2D eigenvalue weighted by Gasteiger charge is 2.34. The number of nitrogens with one attached hydrogen (secondary N) is 2. The minimum absolute atomic E-state index is 0.0624. The minimum Gasteiger partial charge on any atom is -0.366 e. The molecule has 0 unspecified atom stereocenters. The third-order valence-corrected chi connectivity index (χ3v) is 5.02. The van der Waals surface area contributed by atoms with Gasteiger partial charge in [-0.05, 0) is 42.6 Å². The number of aromatic nitrogens is 7. The quantitative estimate of drug-likeness (QED) is 0.313. The predicted octanol–water partition coefficient (Wildman–Crippen LogP) is 0.673. The summed E-state index contributed by atoms with van der Waals surface area (Å²) in [5, 5.41) is 47.8. The first-order valence-electron chi connectivity index (χ1n) is 8.85. The lowest BCUT2D eigenvalue weighted by Gasteiger charge is -2.21. The second-order valence-electron chi connectivity index (χ2n) is 7.24. The molecular weight excluding hydrogens is 446 g/mol. The van der Waals surface area contributed by atoms with Gasteiger partial charge in [-0.3, -0.25) is 0 Å². The van der Waals surface area contributed by atoms with Crippen molar-refractivity contribution in [2.45, 2.75) is 44.4 Å². The maximum absolute atomic E-state index is 9.76. The van der Waals surface area contributed by atoms with E-state index in [1.54, 1.807) is 20.0 Å². The summed E-state index contributed by atoms with van der Waals surface area (Å²) in [6.07, 6.45) is 3.54. The van der Waals surface area contributed by atoms with Gasteiger partial charge in [0.2, 0.25) is 5.95 Å².